The number of pyridine rings is 1. The lowest BCUT2D eigenvalue weighted by atomic mass is 10.2. The maximum atomic E-state index is 12.6. The summed E-state index contributed by atoms with van der Waals surface area (Å²) < 4.78 is 1.84. The summed E-state index contributed by atoms with van der Waals surface area (Å²) in [7, 11) is 0. The number of aryl methyl sites for hydroxylation is 2. The highest BCUT2D eigenvalue weighted by Gasteiger charge is 2.09. The smallest absolute Gasteiger partial charge is 0.259 e. The molecule has 0 fully saturated rings. The minimum absolute atomic E-state index is 0.109. The number of hydrogen-bond donors (Lipinski definition) is 1. The molecule has 3 nitrogen and oxygen atoms in total. The molecule has 130 valence electrons. The Balaban J connectivity index is 1.64. The van der Waals surface area contributed by atoms with Crippen LogP contribution in [0.2, 0.25) is 0 Å². The average molecular weight is 353 g/mol. The van der Waals surface area contributed by atoms with E-state index >= 15 is 0 Å². The average Bonchev–Trinajstić information content (AvgIpc) is 3.08. The van der Waals surface area contributed by atoms with Crippen LogP contribution in [0.5, 0.6) is 0 Å². The van der Waals surface area contributed by atoms with Gasteiger partial charge in [-0.1, -0.05) is 43.3 Å². The van der Waals surface area contributed by atoms with Crippen LogP contribution in [-0.4, -0.2) is 11.1 Å². The molecule has 1 aromatic carbocycles. The van der Waals surface area contributed by atoms with Crippen molar-refractivity contribution in [2.75, 3.05) is 6.54 Å². The number of benzene rings is 1. The standard InChI is InChI=1S/C21H24N2OS/c1-3-18-10-9-16(2)23(21(18)24)20-12-11-19(25-20)13-14-22-15-17-7-5-4-6-8-17/h4-12,22H,3,13-15H2,1-2H3. The van der Waals surface area contributed by atoms with Crippen LogP contribution in [0.15, 0.2) is 59.4 Å². The fraction of sp³-hybridized carbons (Fsp3) is 0.286. The van der Waals surface area contributed by atoms with E-state index < -0.39 is 0 Å². The van der Waals surface area contributed by atoms with E-state index in [-0.39, 0.29) is 5.56 Å². The minimum Gasteiger partial charge on any atom is -0.312 e. The third kappa shape index (κ3) is 4.27. The molecule has 2 heterocycles. The fourth-order valence-electron chi connectivity index (χ4n) is 2.88. The van der Waals surface area contributed by atoms with Gasteiger partial charge in [-0.2, -0.15) is 0 Å². The van der Waals surface area contributed by atoms with Crippen LogP contribution in [-0.2, 0) is 19.4 Å². The second kappa shape index (κ2) is 8.28. The number of hydrogen-bond acceptors (Lipinski definition) is 3. The first-order valence-corrected chi connectivity index (χ1v) is 9.56. The Labute approximate surface area is 153 Å². The highest BCUT2D eigenvalue weighted by Crippen LogP contribution is 2.21. The Morgan fingerprint density at radius 2 is 1.84 bits per heavy atom. The Morgan fingerprint density at radius 3 is 2.60 bits per heavy atom. The van der Waals surface area contributed by atoms with Crippen LogP contribution in [0.1, 0.15) is 28.6 Å². The molecular formula is C21H24N2OS. The van der Waals surface area contributed by atoms with Crippen molar-refractivity contribution in [3.63, 3.8) is 0 Å². The second-order valence-electron chi connectivity index (χ2n) is 6.15. The minimum atomic E-state index is 0.109. The first-order valence-electron chi connectivity index (χ1n) is 8.74. The molecule has 3 rings (SSSR count). The van der Waals surface area contributed by atoms with Crippen molar-refractivity contribution in [1.29, 1.82) is 0 Å². The van der Waals surface area contributed by atoms with Gasteiger partial charge in [-0.15, -0.1) is 11.3 Å². The quantitative estimate of drug-likeness (QED) is 0.650. The summed E-state index contributed by atoms with van der Waals surface area (Å²) in [4.78, 5) is 13.9. The van der Waals surface area contributed by atoms with E-state index in [0.29, 0.717) is 0 Å². The van der Waals surface area contributed by atoms with Gasteiger partial charge in [0.05, 0.1) is 0 Å². The molecule has 0 bridgehead atoms. The zero-order valence-corrected chi connectivity index (χ0v) is 15.6. The highest BCUT2D eigenvalue weighted by molar-refractivity contribution is 7.14. The Morgan fingerprint density at radius 1 is 1.04 bits per heavy atom. The summed E-state index contributed by atoms with van der Waals surface area (Å²) in [6.07, 6.45) is 1.74. The molecule has 0 aliphatic rings. The predicted molar refractivity (Wildman–Crippen MR) is 106 cm³/mol. The zero-order chi connectivity index (χ0) is 17.6. The highest BCUT2D eigenvalue weighted by atomic mass is 32.1. The van der Waals surface area contributed by atoms with Crippen LogP contribution in [0.3, 0.4) is 0 Å². The third-order valence-corrected chi connectivity index (χ3v) is 5.46. The molecule has 3 aromatic rings. The van der Waals surface area contributed by atoms with Gasteiger partial charge in [0.2, 0.25) is 0 Å². The van der Waals surface area contributed by atoms with Crippen molar-refractivity contribution in [3.05, 3.63) is 86.6 Å². The summed E-state index contributed by atoms with van der Waals surface area (Å²) in [6.45, 7) is 5.82. The summed E-state index contributed by atoms with van der Waals surface area (Å²) in [5.41, 5.74) is 3.26. The predicted octanol–water partition coefficient (Wildman–Crippen LogP) is 4.10. The van der Waals surface area contributed by atoms with Crippen LogP contribution < -0.4 is 10.9 Å². The number of rotatable bonds is 7. The van der Waals surface area contributed by atoms with Gasteiger partial charge < -0.3 is 5.32 Å². The zero-order valence-electron chi connectivity index (χ0n) is 14.8. The van der Waals surface area contributed by atoms with E-state index in [0.717, 1.165) is 42.2 Å². The van der Waals surface area contributed by atoms with E-state index in [1.807, 2.05) is 36.6 Å². The summed E-state index contributed by atoms with van der Waals surface area (Å²) >= 11 is 1.70. The summed E-state index contributed by atoms with van der Waals surface area (Å²) in [5, 5.41) is 4.49. The van der Waals surface area contributed by atoms with Crippen molar-refractivity contribution in [2.45, 2.75) is 33.2 Å². The van der Waals surface area contributed by atoms with E-state index in [9.17, 15) is 4.79 Å². The van der Waals surface area contributed by atoms with Crippen LogP contribution in [0.25, 0.3) is 5.00 Å². The van der Waals surface area contributed by atoms with E-state index in [1.165, 1.54) is 10.4 Å². The third-order valence-electron chi connectivity index (χ3n) is 4.33. The van der Waals surface area contributed by atoms with E-state index in [2.05, 4.69) is 41.7 Å². The first-order chi connectivity index (χ1) is 12.2. The molecular weight excluding hydrogens is 328 g/mol. The maximum absolute atomic E-state index is 12.6. The lowest BCUT2D eigenvalue weighted by Crippen LogP contribution is -2.22. The van der Waals surface area contributed by atoms with Crippen molar-refractivity contribution >= 4 is 11.3 Å². The lowest BCUT2D eigenvalue weighted by Gasteiger charge is -2.09. The molecule has 2 aromatic heterocycles. The fourth-order valence-corrected chi connectivity index (χ4v) is 3.94. The molecule has 0 saturated heterocycles. The largest absolute Gasteiger partial charge is 0.312 e. The summed E-state index contributed by atoms with van der Waals surface area (Å²) in [5.74, 6) is 0. The Hall–Kier alpha value is -2.17. The van der Waals surface area contributed by atoms with Crippen molar-refractivity contribution in [1.82, 2.24) is 9.88 Å². The SMILES string of the molecule is CCc1ccc(C)n(-c2ccc(CCNCc3ccccc3)s2)c1=O. The molecule has 0 atom stereocenters. The van der Waals surface area contributed by atoms with Gasteiger partial charge in [-0.05, 0) is 43.5 Å². The first kappa shape index (κ1) is 17.6. The molecule has 0 spiro atoms. The normalized spacial score (nSPS) is 11.0. The van der Waals surface area contributed by atoms with Gasteiger partial charge in [0.1, 0.15) is 5.00 Å². The molecule has 0 radical (unpaired) electrons. The van der Waals surface area contributed by atoms with E-state index in [4.69, 9.17) is 0 Å². The van der Waals surface area contributed by atoms with Gasteiger partial charge in [0.25, 0.3) is 5.56 Å². The Bertz CT molecular complexity index is 880. The molecule has 1 N–H and O–H groups in total. The number of aromatic nitrogens is 1. The molecule has 25 heavy (non-hydrogen) atoms. The van der Waals surface area contributed by atoms with Crippen LogP contribution >= 0.6 is 11.3 Å². The van der Waals surface area contributed by atoms with Crippen molar-refractivity contribution < 1.29 is 0 Å². The molecule has 0 unspecified atom stereocenters. The maximum Gasteiger partial charge on any atom is 0.259 e. The van der Waals surface area contributed by atoms with Gasteiger partial charge in [-0.3, -0.25) is 9.36 Å². The molecule has 0 saturated carbocycles. The van der Waals surface area contributed by atoms with Gasteiger partial charge in [0, 0.05) is 29.2 Å². The lowest BCUT2D eigenvalue weighted by molar-refractivity contribution is 0.690. The molecule has 0 aliphatic heterocycles. The van der Waals surface area contributed by atoms with Gasteiger partial charge in [-0.25, -0.2) is 0 Å². The second-order valence-corrected chi connectivity index (χ2v) is 7.29. The number of nitrogens with one attached hydrogen (secondary N) is 1. The van der Waals surface area contributed by atoms with Crippen LogP contribution in [0, 0.1) is 6.92 Å². The van der Waals surface area contributed by atoms with Crippen LogP contribution in [0.4, 0.5) is 0 Å². The monoisotopic (exact) mass is 352 g/mol. The number of thiophene rings is 1. The topological polar surface area (TPSA) is 34.0 Å². The summed E-state index contributed by atoms with van der Waals surface area (Å²) in [6, 6.07) is 18.6. The van der Waals surface area contributed by atoms with Crippen molar-refractivity contribution in [3.8, 4) is 5.00 Å². The van der Waals surface area contributed by atoms with Gasteiger partial charge >= 0.3 is 0 Å². The van der Waals surface area contributed by atoms with Crippen molar-refractivity contribution in [2.24, 2.45) is 0 Å². The van der Waals surface area contributed by atoms with Gasteiger partial charge in [0.15, 0.2) is 0 Å². The Kier molecular flexibility index (Phi) is 5.84. The number of nitrogens with zero attached hydrogens (tertiary/aromatic N) is 1. The molecule has 0 aliphatic carbocycles. The molecule has 0 amide bonds. The molecule has 4 heteroatoms. The van der Waals surface area contributed by atoms with E-state index in [1.54, 1.807) is 11.3 Å².